The summed E-state index contributed by atoms with van der Waals surface area (Å²) in [6.45, 7) is 0.794. The van der Waals surface area contributed by atoms with E-state index < -0.39 is 0 Å². The van der Waals surface area contributed by atoms with Crippen LogP contribution >= 0.6 is 0 Å². The van der Waals surface area contributed by atoms with Gasteiger partial charge in [-0.1, -0.05) is 0 Å². The van der Waals surface area contributed by atoms with Gasteiger partial charge in [0.2, 0.25) is 0 Å². The van der Waals surface area contributed by atoms with Crippen molar-refractivity contribution in [1.82, 2.24) is 20.2 Å². The number of nitrogens with zero attached hydrogens (tertiary/aromatic N) is 3. The van der Waals surface area contributed by atoms with Crippen molar-refractivity contribution in [1.29, 1.82) is 0 Å². The number of fused-ring (bicyclic) bond motifs is 1. The van der Waals surface area contributed by atoms with Crippen molar-refractivity contribution < 1.29 is 5.11 Å². The molecular weight excluding hydrogens is 268 g/mol. The van der Waals surface area contributed by atoms with Crippen LogP contribution in [0.4, 0.5) is 11.5 Å². The van der Waals surface area contributed by atoms with Gasteiger partial charge in [0.1, 0.15) is 11.3 Å². The molecule has 3 rings (SSSR count). The highest BCUT2D eigenvalue weighted by atomic mass is 16.3. The Labute approximate surface area is 121 Å². The van der Waals surface area contributed by atoms with Crippen molar-refractivity contribution in [2.45, 2.75) is 6.42 Å². The zero-order valence-corrected chi connectivity index (χ0v) is 11.4. The second kappa shape index (κ2) is 5.76. The molecule has 108 valence electrons. The number of hydrogen-bond donors (Lipinski definition) is 4. The fraction of sp³-hybridized carbons (Fsp3) is 0.214. The molecule has 7 nitrogen and oxygen atoms in total. The summed E-state index contributed by atoms with van der Waals surface area (Å²) in [6.07, 6.45) is 4.12. The van der Waals surface area contributed by atoms with E-state index in [9.17, 15) is 0 Å². The Morgan fingerprint density at radius 3 is 3.00 bits per heavy atom. The van der Waals surface area contributed by atoms with E-state index in [1.807, 2.05) is 12.1 Å². The molecule has 3 aromatic heterocycles. The van der Waals surface area contributed by atoms with Crippen LogP contribution < -0.4 is 11.1 Å². The van der Waals surface area contributed by atoms with Crippen molar-refractivity contribution in [3.63, 3.8) is 0 Å². The molecule has 21 heavy (non-hydrogen) atoms. The van der Waals surface area contributed by atoms with Crippen molar-refractivity contribution in [2.24, 2.45) is 0 Å². The van der Waals surface area contributed by atoms with Crippen LogP contribution in [0, 0.1) is 0 Å². The monoisotopic (exact) mass is 284 g/mol. The zero-order valence-electron chi connectivity index (χ0n) is 11.4. The van der Waals surface area contributed by atoms with Crippen LogP contribution in [0.25, 0.3) is 22.3 Å². The van der Waals surface area contributed by atoms with E-state index in [1.165, 1.54) is 0 Å². The number of aliphatic hydroxyl groups is 1. The molecule has 7 heteroatoms. The Hall–Kier alpha value is -2.67. The zero-order chi connectivity index (χ0) is 14.7. The minimum atomic E-state index is 0.142. The van der Waals surface area contributed by atoms with Crippen LogP contribution in [0.3, 0.4) is 0 Å². The quantitative estimate of drug-likeness (QED) is 0.527. The predicted octanol–water partition coefficient (Wildman–Crippen LogP) is 1.40. The SMILES string of the molecule is Nc1cc(NCCCO)c2ncc(-c3ccn[nH]3)cc2n1. The fourth-order valence-electron chi connectivity index (χ4n) is 2.13. The van der Waals surface area contributed by atoms with Gasteiger partial charge in [-0.2, -0.15) is 5.10 Å². The first kappa shape index (κ1) is 13.3. The number of nitrogens with two attached hydrogens (primary N) is 1. The van der Waals surface area contributed by atoms with Gasteiger partial charge < -0.3 is 16.2 Å². The summed E-state index contributed by atoms with van der Waals surface area (Å²) < 4.78 is 0. The normalized spacial score (nSPS) is 10.9. The maximum atomic E-state index is 8.85. The first-order chi connectivity index (χ1) is 10.3. The molecule has 0 amide bonds. The average Bonchev–Trinajstić information content (AvgIpc) is 3.01. The molecule has 3 heterocycles. The summed E-state index contributed by atoms with van der Waals surface area (Å²) in [5.41, 5.74) is 9.92. The predicted molar refractivity (Wildman–Crippen MR) is 81.7 cm³/mol. The van der Waals surface area contributed by atoms with Gasteiger partial charge >= 0.3 is 0 Å². The smallest absolute Gasteiger partial charge is 0.126 e. The van der Waals surface area contributed by atoms with Crippen molar-refractivity contribution in [2.75, 3.05) is 24.2 Å². The summed E-state index contributed by atoms with van der Waals surface area (Å²) in [4.78, 5) is 8.79. The third kappa shape index (κ3) is 2.77. The number of nitrogen functional groups attached to an aromatic ring is 1. The number of rotatable bonds is 5. The largest absolute Gasteiger partial charge is 0.396 e. The average molecular weight is 284 g/mol. The van der Waals surface area contributed by atoms with Gasteiger partial charge in [-0.15, -0.1) is 0 Å². The number of anilines is 2. The van der Waals surface area contributed by atoms with E-state index in [0.29, 0.717) is 24.3 Å². The van der Waals surface area contributed by atoms with Crippen LogP contribution in [0.1, 0.15) is 6.42 Å². The summed E-state index contributed by atoms with van der Waals surface area (Å²) in [5, 5.41) is 18.9. The minimum absolute atomic E-state index is 0.142. The number of H-pyrrole nitrogens is 1. The Morgan fingerprint density at radius 2 is 2.24 bits per heavy atom. The van der Waals surface area contributed by atoms with E-state index in [-0.39, 0.29) is 6.61 Å². The lowest BCUT2D eigenvalue weighted by Crippen LogP contribution is -2.06. The van der Waals surface area contributed by atoms with Crippen LogP contribution in [-0.4, -0.2) is 38.4 Å². The lowest BCUT2D eigenvalue weighted by molar-refractivity contribution is 0.292. The number of hydrogen-bond acceptors (Lipinski definition) is 6. The number of aromatic nitrogens is 4. The summed E-state index contributed by atoms with van der Waals surface area (Å²) in [6, 6.07) is 5.54. The van der Waals surface area contributed by atoms with Gasteiger partial charge in [-0.05, 0) is 18.6 Å². The standard InChI is InChI=1S/C14H16N6O/c15-13-7-11(16-3-1-5-21)14-12(19-13)6-9(8-17-14)10-2-4-18-20-10/h2,4,6-8,21H,1,3,5H2,(H,18,20)(H3,15,16,19). The Kier molecular flexibility index (Phi) is 3.65. The number of aliphatic hydroxyl groups excluding tert-OH is 1. The molecule has 0 aromatic carbocycles. The molecule has 0 atom stereocenters. The molecule has 3 aromatic rings. The van der Waals surface area contributed by atoms with E-state index in [2.05, 4.69) is 25.5 Å². The van der Waals surface area contributed by atoms with Crippen molar-refractivity contribution in [3.8, 4) is 11.3 Å². The van der Waals surface area contributed by atoms with Gasteiger partial charge in [0.25, 0.3) is 0 Å². The van der Waals surface area contributed by atoms with Crippen LogP contribution in [-0.2, 0) is 0 Å². The molecule has 0 spiro atoms. The summed E-state index contributed by atoms with van der Waals surface area (Å²) in [7, 11) is 0. The summed E-state index contributed by atoms with van der Waals surface area (Å²) >= 11 is 0. The third-order valence-electron chi connectivity index (χ3n) is 3.13. The molecule has 0 bridgehead atoms. The number of nitrogens with one attached hydrogen (secondary N) is 2. The molecule has 0 saturated carbocycles. The Bertz CT molecular complexity index is 741. The van der Waals surface area contributed by atoms with Gasteiger partial charge in [0, 0.05) is 37.2 Å². The lowest BCUT2D eigenvalue weighted by Gasteiger charge is -2.10. The van der Waals surface area contributed by atoms with Crippen LogP contribution in [0.5, 0.6) is 0 Å². The lowest BCUT2D eigenvalue weighted by atomic mass is 10.1. The molecule has 0 fully saturated rings. The molecule has 0 unspecified atom stereocenters. The highest BCUT2D eigenvalue weighted by molar-refractivity contribution is 5.91. The van der Waals surface area contributed by atoms with E-state index in [0.717, 1.165) is 22.5 Å². The van der Waals surface area contributed by atoms with E-state index in [1.54, 1.807) is 18.5 Å². The van der Waals surface area contributed by atoms with Crippen molar-refractivity contribution >= 4 is 22.5 Å². The van der Waals surface area contributed by atoms with Crippen molar-refractivity contribution in [3.05, 3.63) is 30.6 Å². The minimum Gasteiger partial charge on any atom is -0.396 e. The van der Waals surface area contributed by atoms with Gasteiger partial charge in [-0.3, -0.25) is 10.1 Å². The number of pyridine rings is 2. The molecule has 0 aliphatic rings. The highest BCUT2D eigenvalue weighted by Gasteiger charge is 2.08. The van der Waals surface area contributed by atoms with Gasteiger partial charge in [-0.25, -0.2) is 4.98 Å². The van der Waals surface area contributed by atoms with Gasteiger partial charge in [0.05, 0.1) is 16.9 Å². The van der Waals surface area contributed by atoms with Gasteiger partial charge in [0.15, 0.2) is 0 Å². The second-order valence-corrected chi connectivity index (χ2v) is 4.66. The van der Waals surface area contributed by atoms with Crippen LogP contribution in [0.2, 0.25) is 0 Å². The summed E-state index contributed by atoms with van der Waals surface area (Å²) in [5.74, 6) is 0.428. The van der Waals surface area contributed by atoms with E-state index in [4.69, 9.17) is 10.8 Å². The number of aromatic amines is 1. The molecule has 0 saturated heterocycles. The van der Waals surface area contributed by atoms with Crippen LogP contribution in [0.15, 0.2) is 30.6 Å². The maximum Gasteiger partial charge on any atom is 0.126 e. The Balaban J connectivity index is 2.01. The Morgan fingerprint density at radius 1 is 1.33 bits per heavy atom. The first-order valence-electron chi connectivity index (χ1n) is 6.68. The third-order valence-corrected chi connectivity index (χ3v) is 3.13. The highest BCUT2D eigenvalue weighted by Crippen LogP contribution is 2.26. The fourth-order valence-corrected chi connectivity index (χ4v) is 2.13. The molecule has 5 N–H and O–H groups in total. The molecule has 0 aliphatic heterocycles. The molecule has 0 aliphatic carbocycles. The second-order valence-electron chi connectivity index (χ2n) is 4.66. The van der Waals surface area contributed by atoms with E-state index >= 15 is 0 Å². The molecular formula is C14H16N6O. The molecule has 0 radical (unpaired) electrons. The maximum absolute atomic E-state index is 8.85. The topological polar surface area (TPSA) is 113 Å². The first-order valence-corrected chi connectivity index (χ1v) is 6.68.